The molecule has 3 N–H and O–H groups in total. The quantitative estimate of drug-likeness (QED) is 0.249. The summed E-state index contributed by atoms with van der Waals surface area (Å²) in [5.74, 6) is -1.01. The monoisotopic (exact) mass is 594 g/mol. The molecular formula is C31H35ClN4O6. The third-order valence-corrected chi connectivity index (χ3v) is 6.48. The first kappa shape index (κ1) is 32.0. The molecule has 3 rings (SSSR count). The van der Waals surface area contributed by atoms with Gasteiger partial charge in [0, 0.05) is 30.0 Å². The van der Waals surface area contributed by atoms with Crippen LogP contribution in [0, 0.1) is 5.92 Å². The predicted octanol–water partition coefficient (Wildman–Crippen LogP) is 5.21. The lowest BCUT2D eigenvalue weighted by atomic mass is 10.1. The number of carbonyl (C=O) groups excluding carboxylic acids is 3. The molecule has 0 saturated heterocycles. The van der Waals surface area contributed by atoms with Crippen molar-refractivity contribution < 1.29 is 29.0 Å². The van der Waals surface area contributed by atoms with Crippen molar-refractivity contribution in [2.24, 2.45) is 5.92 Å². The minimum atomic E-state index is -0.981. The molecule has 42 heavy (non-hydrogen) atoms. The van der Waals surface area contributed by atoms with Crippen LogP contribution in [0.25, 0.3) is 0 Å². The summed E-state index contributed by atoms with van der Waals surface area (Å²) in [4.78, 5) is 52.7. The van der Waals surface area contributed by atoms with Gasteiger partial charge >= 0.3 is 12.0 Å². The maximum Gasteiger partial charge on any atom is 0.319 e. The number of carboxylic acids is 1. The number of likely N-dealkylation sites (N-methyl/N-ethyl adjacent to an activating group) is 1. The zero-order valence-corrected chi connectivity index (χ0v) is 24.6. The van der Waals surface area contributed by atoms with E-state index in [-0.39, 0.29) is 31.4 Å². The second kappa shape index (κ2) is 15.4. The lowest BCUT2D eigenvalue weighted by molar-refractivity contribution is -0.136. The number of amides is 4. The van der Waals surface area contributed by atoms with Gasteiger partial charge in [-0.05, 0) is 60.4 Å². The second-order valence-electron chi connectivity index (χ2n) is 10.00. The van der Waals surface area contributed by atoms with Gasteiger partial charge in [-0.2, -0.15) is 0 Å². The average Bonchev–Trinajstić information content (AvgIpc) is 2.94. The zero-order valence-electron chi connectivity index (χ0n) is 23.8. The normalized spacial score (nSPS) is 10.6. The number of halogens is 1. The lowest BCUT2D eigenvalue weighted by Crippen LogP contribution is -2.42. The zero-order chi connectivity index (χ0) is 30.6. The van der Waals surface area contributed by atoms with Crippen LogP contribution in [0.1, 0.15) is 25.8 Å². The first-order valence-corrected chi connectivity index (χ1v) is 13.8. The van der Waals surface area contributed by atoms with Crippen molar-refractivity contribution in [3.8, 4) is 5.75 Å². The number of hydrogen-bond acceptors (Lipinski definition) is 5. The van der Waals surface area contributed by atoms with Crippen LogP contribution < -0.4 is 25.2 Å². The van der Waals surface area contributed by atoms with E-state index in [1.165, 1.54) is 9.80 Å². The Morgan fingerprint density at radius 3 is 2.40 bits per heavy atom. The smallest absolute Gasteiger partial charge is 0.319 e. The molecule has 0 atom stereocenters. The van der Waals surface area contributed by atoms with Gasteiger partial charge < -0.3 is 30.3 Å². The topological polar surface area (TPSA) is 128 Å². The van der Waals surface area contributed by atoms with Crippen LogP contribution in [0.4, 0.5) is 21.9 Å². The van der Waals surface area contributed by atoms with Crippen LogP contribution in [0.3, 0.4) is 0 Å². The largest absolute Gasteiger partial charge is 0.482 e. The van der Waals surface area contributed by atoms with Crippen LogP contribution in [-0.2, 0) is 20.8 Å². The summed E-state index contributed by atoms with van der Waals surface area (Å²) in [5, 5.41) is 14.7. The predicted molar refractivity (Wildman–Crippen MR) is 163 cm³/mol. The van der Waals surface area contributed by atoms with Gasteiger partial charge in [0.15, 0.2) is 6.61 Å². The van der Waals surface area contributed by atoms with Gasteiger partial charge in [-0.15, -0.1) is 0 Å². The Labute approximate surface area is 250 Å². The molecule has 0 aliphatic heterocycles. The van der Waals surface area contributed by atoms with Gasteiger partial charge in [-0.25, -0.2) is 4.79 Å². The van der Waals surface area contributed by atoms with E-state index in [9.17, 15) is 19.2 Å². The fraction of sp³-hybridized carbons (Fsp3) is 0.290. The van der Waals surface area contributed by atoms with Crippen LogP contribution in [0.2, 0.25) is 5.02 Å². The van der Waals surface area contributed by atoms with Crippen LogP contribution in [0.5, 0.6) is 5.75 Å². The van der Waals surface area contributed by atoms with Gasteiger partial charge in [0.25, 0.3) is 5.91 Å². The molecular weight excluding hydrogens is 560 g/mol. The summed E-state index contributed by atoms with van der Waals surface area (Å²) < 4.78 is 5.89. The van der Waals surface area contributed by atoms with Crippen molar-refractivity contribution in [3.05, 3.63) is 83.4 Å². The molecule has 0 aromatic heterocycles. The molecule has 222 valence electrons. The van der Waals surface area contributed by atoms with Crippen molar-refractivity contribution >= 4 is 52.5 Å². The van der Waals surface area contributed by atoms with E-state index in [0.717, 1.165) is 0 Å². The number of hydrogen-bond donors (Lipinski definition) is 3. The third kappa shape index (κ3) is 9.81. The van der Waals surface area contributed by atoms with Crippen LogP contribution >= 0.6 is 11.6 Å². The van der Waals surface area contributed by atoms with Gasteiger partial charge in [0.2, 0.25) is 5.91 Å². The summed E-state index contributed by atoms with van der Waals surface area (Å²) in [6.07, 6.45) is 0.517. The van der Waals surface area contributed by atoms with Gasteiger partial charge in [-0.1, -0.05) is 55.8 Å². The number of ether oxygens (including phenoxy) is 1. The highest BCUT2D eigenvalue weighted by Gasteiger charge is 2.22. The number of anilines is 3. The highest BCUT2D eigenvalue weighted by atomic mass is 35.5. The van der Waals surface area contributed by atoms with Gasteiger partial charge in [0.05, 0.1) is 18.7 Å². The Hall–Kier alpha value is -4.57. The molecule has 3 aromatic carbocycles. The maximum absolute atomic E-state index is 13.4. The number of nitrogens with one attached hydrogen (secondary N) is 2. The minimum Gasteiger partial charge on any atom is -0.482 e. The van der Waals surface area contributed by atoms with Crippen molar-refractivity contribution in [1.82, 2.24) is 5.32 Å². The SMILES string of the molecule is CC(C)CCN(C(=O)CNC(=O)Nc1cccc(CC(=O)O)c1)c1ccccc1OCC(=O)N(C)c1cccc(Cl)c1. The van der Waals surface area contributed by atoms with Crippen molar-refractivity contribution in [3.63, 3.8) is 0 Å². The molecule has 0 aliphatic rings. The van der Waals surface area contributed by atoms with Crippen molar-refractivity contribution in [2.45, 2.75) is 26.7 Å². The number of para-hydroxylation sites is 2. The van der Waals surface area contributed by atoms with E-state index >= 15 is 0 Å². The average molecular weight is 595 g/mol. The molecule has 10 nitrogen and oxygen atoms in total. The van der Waals surface area contributed by atoms with Crippen LogP contribution in [0.15, 0.2) is 72.8 Å². The Bertz CT molecular complexity index is 1410. The maximum atomic E-state index is 13.4. The van der Waals surface area contributed by atoms with Crippen molar-refractivity contribution in [2.75, 3.05) is 41.9 Å². The number of benzene rings is 3. The fourth-order valence-corrected chi connectivity index (χ4v) is 4.18. The second-order valence-corrected chi connectivity index (χ2v) is 10.4. The standard InChI is InChI=1S/C31H35ClN4O6/c1-21(2)14-15-36(28(37)19-33-31(41)34-24-10-6-8-22(16-24)17-30(39)40)26-12-4-5-13-27(26)42-20-29(38)35(3)25-11-7-9-23(32)18-25/h4-13,16,18,21H,14-15,17,19-20H2,1-3H3,(H,39,40)(H2,33,34,41). The molecule has 0 bridgehead atoms. The summed E-state index contributed by atoms with van der Waals surface area (Å²) in [5.41, 5.74) is 2.03. The van der Waals surface area contributed by atoms with E-state index in [1.807, 2.05) is 13.8 Å². The summed E-state index contributed by atoms with van der Waals surface area (Å²) in [6, 6.07) is 19.7. The van der Waals surface area contributed by atoms with Gasteiger partial charge in [0.1, 0.15) is 5.75 Å². The van der Waals surface area contributed by atoms with E-state index < -0.39 is 12.0 Å². The molecule has 4 amide bonds. The third-order valence-electron chi connectivity index (χ3n) is 6.25. The first-order valence-electron chi connectivity index (χ1n) is 13.4. The number of carbonyl (C=O) groups is 4. The lowest BCUT2D eigenvalue weighted by Gasteiger charge is -2.26. The fourth-order valence-electron chi connectivity index (χ4n) is 3.99. The number of aliphatic carboxylic acids is 1. The molecule has 0 aliphatic carbocycles. The summed E-state index contributed by atoms with van der Waals surface area (Å²) >= 11 is 6.06. The number of nitrogens with zero attached hydrogens (tertiary/aromatic N) is 2. The Morgan fingerprint density at radius 1 is 0.952 bits per heavy atom. The number of urea groups is 1. The summed E-state index contributed by atoms with van der Waals surface area (Å²) in [6.45, 7) is 3.88. The molecule has 0 unspecified atom stereocenters. The number of rotatable bonds is 13. The molecule has 0 fully saturated rings. The highest BCUT2D eigenvalue weighted by molar-refractivity contribution is 6.30. The van der Waals surface area contributed by atoms with Crippen molar-refractivity contribution in [1.29, 1.82) is 0 Å². The van der Waals surface area contributed by atoms with Crippen LogP contribution in [-0.4, -0.2) is 55.7 Å². The number of carboxylic acid groups (broad SMARTS) is 1. The molecule has 0 heterocycles. The Morgan fingerprint density at radius 2 is 1.69 bits per heavy atom. The highest BCUT2D eigenvalue weighted by Crippen LogP contribution is 2.29. The van der Waals surface area contributed by atoms with E-state index in [4.69, 9.17) is 21.4 Å². The van der Waals surface area contributed by atoms with E-state index in [1.54, 1.807) is 79.8 Å². The summed E-state index contributed by atoms with van der Waals surface area (Å²) in [7, 11) is 1.63. The Kier molecular flexibility index (Phi) is 11.7. The Balaban J connectivity index is 1.68. The molecule has 0 spiro atoms. The molecule has 11 heteroatoms. The molecule has 3 aromatic rings. The first-order chi connectivity index (χ1) is 20.0. The van der Waals surface area contributed by atoms with Gasteiger partial charge in [-0.3, -0.25) is 14.4 Å². The molecule has 0 saturated carbocycles. The minimum absolute atomic E-state index is 0.176. The molecule has 0 radical (unpaired) electrons. The van der Waals surface area contributed by atoms with E-state index in [2.05, 4.69) is 10.6 Å². The van der Waals surface area contributed by atoms with E-state index in [0.29, 0.717) is 52.3 Å².